The van der Waals surface area contributed by atoms with Gasteiger partial charge in [-0.25, -0.2) is 0 Å². The minimum absolute atomic E-state index is 0.225. The normalized spacial score (nSPS) is 19.3. The van der Waals surface area contributed by atoms with Crippen molar-refractivity contribution in [3.63, 3.8) is 0 Å². The number of likely N-dealkylation sites (N-methyl/N-ethyl adjacent to an activating group) is 1. The van der Waals surface area contributed by atoms with Gasteiger partial charge < -0.3 is 19.4 Å². The number of ether oxygens (including phenoxy) is 1. The summed E-state index contributed by atoms with van der Waals surface area (Å²) in [5.74, 6) is 1.23. The van der Waals surface area contributed by atoms with Crippen molar-refractivity contribution >= 4 is 11.3 Å². The molecule has 1 fully saturated rings. The largest absolute Gasteiger partial charge is 0.419 e. The predicted molar refractivity (Wildman–Crippen MR) is 90.7 cm³/mol. The van der Waals surface area contributed by atoms with Crippen LogP contribution in [0, 0.1) is 6.92 Å². The average Bonchev–Trinajstić information content (AvgIpc) is 3.14. The maximum absolute atomic E-state index is 5.77. The van der Waals surface area contributed by atoms with Crippen molar-refractivity contribution in [2.45, 2.75) is 32.9 Å². The Morgan fingerprint density at radius 3 is 3.04 bits per heavy atom. The summed E-state index contributed by atoms with van der Waals surface area (Å²) in [6.07, 6.45) is 1.26. The Hall–Kier alpha value is -1.28. The molecule has 1 atom stereocenters. The zero-order valence-corrected chi connectivity index (χ0v) is 14.8. The van der Waals surface area contributed by atoms with E-state index in [-0.39, 0.29) is 6.10 Å². The van der Waals surface area contributed by atoms with E-state index >= 15 is 0 Å². The summed E-state index contributed by atoms with van der Waals surface area (Å²) in [6, 6.07) is 2.12. The van der Waals surface area contributed by atoms with Gasteiger partial charge in [-0.15, -0.1) is 21.5 Å². The van der Waals surface area contributed by atoms with Crippen LogP contribution in [0.4, 0.5) is 0 Å². The zero-order chi connectivity index (χ0) is 16.2. The third kappa shape index (κ3) is 4.17. The number of hydrogen-bond acceptors (Lipinski definition) is 7. The highest BCUT2D eigenvalue weighted by atomic mass is 32.1. The number of nitrogens with one attached hydrogen (secondary N) is 1. The fourth-order valence-corrected chi connectivity index (χ4v) is 3.77. The molecule has 0 aliphatic carbocycles. The van der Waals surface area contributed by atoms with Crippen molar-refractivity contribution in [1.82, 2.24) is 20.4 Å². The molecule has 6 nitrogen and oxygen atoms in total. The molecule has 23 heavy (non-hydrogen) atoms. The Morgan fingerprint density at radius 1 is 1.43 bits per heavy atom. The quantitative estimate of drug-likeness (QED) is 0.871. The molecule has 1 aliphatic heterocycles. The standard InChI is InChI=1S/C16H24N4O2S/c1-4-13-11(2)7-14(23-13)16-19-18-15(22-16)9-17-8-12-10-20(3)5-6-21-12/h7,12,17H,4-6,8-10H2,1-3H3/t12-/m1/s1. The molecule has 0 spiro atoms. The maximum atomic E-state index is 5.77. The molecular weight excluding hydrogens is 312 g/mol. The van der Waals surface area contributed by atoms with Gasteiger partial charge in [0.15, 0.2) is 0 Å². The van der Waals surface area contributed by atoms with Gasteiger partial charge in [-0.1, -0.05) is 6.92 Å². The van der Waals surface area contributed by atoms with E-state index < -0.39 is 0 Å². The molecule has 7 heteroatoms. The van der Waals surface area contributed by atoms with Crippen LogP contribution in [0.5, 0.6) is 0 Å². The smallest absolute Gasteiger partial charge is 0.257 e. The topological polar surface area (TPSA) is 63.4 Å². The highest BCUT2D eigenvalue weighted by molar-refractivity contribution is 7.15. The Bertz CT molecular complexity index is 640. The predicted octanol–water partition coefficient (Wildman–Crippen LogP) is 2.09. The fraction of sp³-hybridized carbons (Fsp3) is 0.625. The Balaban J connectivity index is 1.52. The first-order chi connectivity index (χ1) is 11.2. The molecule has 1 N–H and O–H groups in total. The van der Waals surface area contributed by atoms with Crippen LogP contribution in [0.25, 0.3) is 10.8 Å². The summed E-state index contributed by atoms with van der Waals surface area (Å²) in [4.78, 5) is 4.71. The van der Waals surface area contributed by atoms with E-state index in [2.05, 4.69) is 47.4 Å². The Morgan fingerprint density at radius 2 is 2.30 bits per heavy atom. The van der Waals surface area contributed by atoms with Crippen LogP contribution in [0.15, 0.2) is 10.5 Å². The second kappa shape index (κ2) is 7.53. The number of hydrogen-bond donors (Lipinski definition) is 1. The van der Waals surface area contributed by atoms with Crippen LogP contribution < -0.4 is 5.32 Å². The molecule has 3 heterocycles. The van der Waals surface area contributed by atoms with Crippen LogP contribution in [0.3, 0.4) is 0 Å². The van der Waals surface area contributed by atoms with E-state index in [1.807, 2.05) is 0 Å². The van der Waals surface area contributed by atoms with Gasteiger partial charge in [0.05, 0.1) is 24.1 Å². The number of rotatable bonds is 6. The molecule has 0 bridgehead atoms. The van der Waals surface area contributed by atoms with Crippen molar-refractivity contribution in [2.75, 3.05) is 33.3 Å². The van der Waals surface area contributed by atoms with Crippen molar-refractivity contribution in [1.29, 1.82) is 0 Å². The summed E-state index contributed by atoms with van der Waals surface area (Å²) in [5.41, 5.74) is 1.30. The highest BCUT2D eigenvalue weighted by Gasteiger charge is 2.18. The molecule has 1 aliphatic rings. The lowest BCUT2D eigenvalue weighted by Gasteiger charge is -2.30. The van der Waals surface area contributed by atoms with Gasteiger partial charge in [-0.05, 0) is 32.0 Å². The molecule has 0 unspecified atom stereocenters. The molecule has 126 valence electrons. The molecule has 2 aromatic heterocycles. The van der Waals surface area contributed by atoms with Crippen molar-refractivity contribution in [3.8, 4) is 10.8 Å². The van der Waals surface area contributed by atoms with Crippen molar-refractivity contribution < 1.29 is 9.15 Å². The van der Waals surface area contributed by atoms with Crippen LogP contribution >= 0.6 is 11.3 Å². The third-order valence-corrected chi connectivity index (χ3v) is 5.38. The minimum atomic E-state index is 0.225. The number of aromatic nitrogens is 2. The van der Waals surface area contributed by atoms with E-state index in [4.69, 9.17) is 9.15 Å². The number of nitrogens with zero attached hydrogens (tertiary/aromatic N) is 3. The van der Waals surface area contributed by atoms with Gasteiger partial charge in [0.1, 0.15) is 0 Å². The monoisotopic (exact) mass is 336 g/mol. The van der Waals surface area contributed by atoms with Gasteiger partial charge in [0.25, 0.3) is 5.89 Å². The molecule has 0 saturated carbocycles. The lowest BCUT2D eigenvalue weighted by molar-refractivity contribution is -0.0184. The number of aryl methyl sites for hydroxylation is 2. The molecule has 0 radical (unpaired) electrons. The molecule has 0 aromatic carbocycles. The maximum Gasteiger partial charge on any atom is 0.257 e. The Kier molecular flexibility index (Phi) is 5.42. The number of thiophene rings is 1. The molecule has 1 saturated heterocycles. The lowest BCUT2D eigenvalue weighted by atomic mass is 10.2. The van der Waals surface area contributed by atoms with Gasteiger partial charge >= 0.3 is 0 Å². The summed E-state index contributed by atoms with van der Waals surface area (Å²) in [6.45, 7) is 8.40. The first-order valence-electron chi connectivity index (χ1n) is 8.08. The van der Waals surface area contributed by atoms with Gasteiger partial charge in [-0.2, -0.15) is 0 Å². The average molecular weight is 336 g/mol. The van der Waals surface area contributed by atoms with Crippen molar-refractivity contribution in [2.24, 2.45) is 0 Å². The first kappa shape index (κ1) is 16.6. The second-order valence-corrected chi connectivity index (χ2v) is 7.09. The van der Waals surface area contributed by atoms with Gasteiger partial charge in [-0.3, -0.25) is 0 Å². The molecule has 3 rings (SSSR count). The summed E-state index contributed by atoms with van der Waals surface area (Å²) in [5, 5.41) is 11.6. The van der Waals surface area contributed by atoms with E-state index in [1.165, 1.54) is 10.4 Å². The van der Waals surface area contributed by atoms with E-state index in [9.17, 15) is 0 Å². The summed E-state index contributed by atoms with van der Waals surface area (Å²) >= 11 is 1.73. The van der Waals surface area contributed by atoms with Crippen LogP contribution in [0.2, 0.25) is 0 Å². The van der Waals surface area contributed by atoms with Gasteiger partial charge in [0, 0.05) is 24.5 Å². The van der Waals surface area contributed by atoms with Gasteiger partial charge in [0.2, 0.25) is 5.89 Å². The van der Waals surface area contributed by atoms with E-state index in [1.54, 1.807) is 11.3 Å². The fourth-order valence-electron chi connectivity index (χ4n) is 2.73. The van der Waals surface area contributed by atoms with E-state index in [0.29, 0.717) is 18.3 Å². The van der Waals surface area contributed by atoms with Crippen LogP contribution in [-0.2, 0) is 17.7 Å². The highest BCUT2D eigenvalue weighted by Crippen LogP contribution is 2.30. The summed E-state index contributed by atoms with van der Waals surface area (Å²) < 4.78 is 11.5. The zero-order valence-electron chi connectivity index (χ0n) is 14.0. The third-order valence-electron chi connectivity index (χ3n) is 4.01. The minimum Gasteiger partial charge on any atom is -0.419 e. The van der Waals surface area contributed by atoms with Crippen LogP contribution in [-0.4, -0.2) is 54.5 Å². The molecule has 2 aromatic rings. The van der Waals surface area contributed by atoms with Crippen molar-refractivity contribution in [3.05, 3.63) is 22.4 Å². The summed E-state index contributed by atoms with van der Waals surface area (Å²) in [7, 11) is 2.12. The SMILES string of the molecule is CCc1sc(-c2nnc(CNC[C@@H]3CN(C)CCO3)o2)cc1C. The lowest BCUT2D eigenvalue weighted by Crippen LogP contribution is -2.44. The molecule has 0 amide bonds. The first-order valence-corrected chi connectivity index (χ1v) is 8.90. The molecular formula is C16H24N4O2S. The van der Waals surface area contributed by atoms with E-state index in [0.717, 1.165) is 37.5 Å². The van der Waals surface area contributed by atoms with Crippen LogP contribution in [0.1, 0.15) is 23.3 Å². The second-order valence-electron chi connectivity index (χ2n) is 5.96. The number of morpholine rings is 1. The Labute approximate surface area is 140 Å².